The van der Waals surface area contributed by atoms with Crippen LogP contribution in [0.4, 0.5) is 11.4 Å². The molecule has 0 saturated heterocycles. The van der Waals surface area contributed by atoms with Crippen molar-refractivity contribution in [1.29, 1.82) is 0 Å². The second kappa shape index (κ2) is 8.87. The molecule has 0 unspecified atom stereocenters. The zero-order chi connectivity index (χ0) is 17.4. The van der Waals surface area contributed by atoms with Crippen molar-refractivity contribution in [2.24, 2.45) is 0 Å². The van der Waals surface area contributed by atoms with Crippen molar-refractivity contribution in [1.82, 2.24) is 4.98 Å². The molecule has 2 N–H and O–H groups in total. The van der Waals surface area contributed by atoms with E-state index in [1.807, 2.05) is 43.3 Å². The Morgan fingerprint density at radius 1 is 1.15 bits per heavy atom. The Balaban J connectivity index is 0.00000131. The predicted molar refractivity (Wildman–Crippen MR) is 116 cm³/mol. The molecule has 0 atom stereocenters. The predicted octanol–water partition coefficient (Wildman–Crippen LogP) is 5.68. The molecule has 3 aromatic rings. The summed E-state index contributed by atoms with van der Waals surface area (Å²) in [7, 11) is 0. The van der Waals surface area contributed by atoms with Crippen LogP contribution in [0.2, 0.25) is 5.02 Å². The fourth-order valence-electron chi connectivity index (χ4n) is 3.44. The number of nitrogens with two attached hydrogens (primary N) is 1. The Morgan fingerprint density at radius 3 is 2.63 bits per heavy atom. The molecule has 144 valence electrons. The van der Waals surface area contributed by atoms with Gasteiger partial charge in [0, 0.05) is 28.5 Å². The lowest BCUT2D eigenvalue weighted by Gasteiger charge is -2.31. The minimum Gasteiger partial charge on any atom is -0.438 e. The number of hydrogen-bond acceptors (Lipinski definition) is 4. The molecule has 1 aliphatic heterocycles. The van der Waals surface area contributed by atoms with Gasteiger partial charge in [-0.25, -0.2) is 4.98 Å². The van der Waals surface area contributed by atoms with Crippen LogP contribution in [0.5, 0.6) is 0 Å². The van der Waals surface area contributed by atoms with Gasteiger partial charge >= 0.3 is 0 Å². The number of oxazole rings is 1. The zero-order valence-corrected chi connectivity index (χ0v) is 17.3. The van der Waals surface area contributed by atoms with Crippen LogP contribution >= 0.6 is 36.4 Å². The Bertz CT molecular complexity index is 909. The first-order chi connectivity index (χ1) is 12.1. The van der Waals surface area contributed by atoms with E-state index in [-0.39, 0.29) is 24.8 Å². The van der Waals surface area contributed by atoms with E-state index < -0.39 is 0 Å². The third-order valence-corrected chi connectivity index (χ3v) is 4.91. The van der Waals surface area contributed by atoms with Gasteiger partial charge in [-0.05, 0) is 61.7 Å². The summed E-state index contributed by atoms with van der Waals surface area (Å²) in [5.74, 6) is 1.52. The Kier molecular flexibility index (Phi) is 7.04. The SMILES string of the molecule is Cc1nc(CN2CCCc3c(N)cccc32)oc1-c1ccc(Cl)cc1.Cl.Cl. The maximum atomic E-state index is 6.14. The van der Waals surface area contributed by atoms with Crippen molar-refractivity contribution in [3.8, 4) is 11.3 Å². The van der Waals surface area contributed by atoms with E-state index in [0.717, 1.165) is 48.0 Å². The highest BCUT2D eigenvalue weighted by Crippen LogP contribution is 2.33. The van der Waals surface area contributed by atoms with Gasteiger partial charge in [0.05, 0.1) is 12.2 Å². The van der Waals surface area contributed by atoms with Crippen molar-refractivity contribution < 1.29 is 4.42 Å². The summed E-state index contributed by atoms with van der Waals surface area (Å²) in [5.41, 5.74) is 11.3. The molecule has 1 aromatic heterocycles. The first-order valence-electron chi connectivity index (χ1n) is 8.46. The van der Waals surface area contributed by atoms with Gasteiger partial charge in [-0.2, -0.15) is 0 Å². The molecule has 0 amide bonds. The number of aromatic nitrogens is 1. The van der Waals surface area contributed by atoms with Crippen LogP contribution in [0.3, 0.4) is 0 Å². The van der Waals surface area contributed by atoms with Gasteiger partial charge in [-0.3, -0.25) is 0 Å². The van der Waals surface area contributed by atoms with Gasteiger partial charge in [0.2, 0.25) is 5.89 Å². The number of benzene rings is 2. The number of nitrogens with zero attached hydrogens (tertiary/aromatic N) is 2. The maximum absolute atomic E-state index is 6.14. The van der Waals surface area contributed by atoms with Gasteiger partial charge in [0.15, 0.2) is 5.76 Å². The van der Waals surface area contributed by atoms with Crippen LogP contribution in [0.25, 0.3) is 11.3 Å². The smallest absolute Gasteiger partial charge is 0.214 e. The van der Waals surface area contributed by atoms with Crippen LogP contribution in [-0.4, -0.2) is 11.5 Å². The standard InChI is InChI=1S/C20H20ClN3O.2ClH/c1-13-20(14-7-9-15(21)10-8-14)25-19(23-13)12-24-11-3-4-16-17(22)5-2-6-18(16)24;;/h2,5-10H,3-4,11-12,22H2,1H3;2*1H. The highest BCUT2D eigenvalue weighted by atomic mass is 35.5. The summed E-state index contributed by atoms with van der Waals surface area (Å²) in [6, 6.07) is 13.7. The minimum absolute atomic E-state index is 0. The van der Waals surface area contributed by atoms with Crippen molar-refractivity contribution >= 4 is 47.8 Å². The molecule has 0 radical (unpaired) electrons. The fraction of sp³-hybridized carbons (Fsp3) is 0.250. The van der Waals surface area contributed by atoms with Crippen molar-refractivity contribution in [2.45, 2.75) is 26.3 Å². The molecule has 7 heteroatoms. The second-order valence-corrected chi connectivity index (χ2v) is 6.84. The van der Waals surface area contributed by atoms with E-state index in [0.29, 0.717) is 11.6 Å². The van der Waals surface area contributed by atoms with Gasteiger partial charge in [0.1, 0.15) is 0 Å². The number of anilines is 2. The van der Waals surface area contributed by atoms with E-state index in [1.54, 1.807) is 0 Å². The monoisotopic (exact) mass is 425 g/mol. The molecule has 2 heterocycles. The maximum Gasteiger partial charge on any atom is 0.214 e. The lowest BCUT2D eigenvalue weighted by atomic mass is 10.00. The summed E-state index contributed by atoms with van der Waals surface area (Å²) >= 11 is 5.97. The third-order valence-electron chi connectivity index (χ3n) is 4.66. The highest BCUT2D eigenvalue weighted by Gasteiger charge is 2.21. The Labute approximate surface area is 176 Å². The largest absolute Gasteiger partial charge is 0.438 e. The number of fused-ring (bicyclic) bond motifs is 1. The zero-order valence-electron chi connectivity index (χ0n) is 14.9. The number of hydrogen-bond donors (Lipinski definition) is 1. The molecule has 2 aromatic carbocycles. The highest BCUT2D eigenvalue weighted by molar-refractivity contribution is 6.30. The van der Waals surface area contributed by atoms with E-state index >= 15 is 0 Å². The number of halogens is 3. The quantitative estimate of drug-likeness (QED) is 0.547. The van der Waals surface area contributed by atoms with E-state index in [2.05, 4.69) is 16.0 Å². The molecule has 0 bridgehead atoms. The molecule has 0 aliphatic carbocycles. The van der Waals surface area contributed by atoms with E-state index in [1.165, 1.54) is 11.3 Å². The lowest BCUT2D eigenvalue weighted by molar-refractivity contribution is 0.493. The van der Waals surface area contributed by atoms with Crippen LogP contribution in [-0.2, 0) is 13.0 Å². The third kappa shape index (κ3) is 4.34. The molecule has 4 nitrogen and oxygen atoms in total. The van der Waals surface area contributed by atoms with Gasteiger partial charge in [-0.15, -0.1) is 24.8 Å². The molecule has 0 saturated carbocycles. The summed E-state index contributed by atoms with van der Waals surface area (Å²) in [6.07, 6.45) is 2.12. The van der Waals surface area contributed by atoms with Crippen molar-refractivity contribution in [3.05, 3.63) is 64.6 Å². The average Bonchev–Trinajstić information content (AvgIpc) is 2.97. The Morgan fingerprint density at radius 2 is 1.89 bits per heavy atom. The van der Waals surface area contributed by atoms with Gasteiger partial charge in [-0.1, -0.05) is 17.7 Å². The number of rotatable bonds is 3. The summed E-state index contributed by atoms with van der Waals surface area (Å²) in [4.78, 5) is 6.92. The molecule has 4 rings (SSSR count). The van der Waals surface area contributed by atoms with Gasteiger partial charge < -0.3 is 15.1 Å². The van der Waals surface area contributed by atoms with E-state index in [9.17, 15) is 0 Å². The molecule has 1 aliphatic rings. The summed E-state index contributed by atoms with van der Waals surface area (Å²) in [5, 5.41) is 0.712. The molecule has 0 spiro atoms. The Hall–Kier alpha value is -1.88. The summed E-state index contributed by atoms with van der Waals surface area (Å²) < 4.78 is 6.06. The first-order valence-corrected chi connectivity index (χ1v) is 8.84. The average molecular weight is 427 g/mol. The fourth-order valence-corrected chi connectivity index (χ4v) is 3.57. The van der Waals surface area contributed by atoms with Crippen LogP contribution in [0, 0.1) is 6.92 Å². The lowest BCUT2D eigenvalue weighted by Crippen LogP contribution is -2.29. The normalized spacial score (nSPS) is 12.7. The molecular formula is C20H22Cl3N3O. The second-order valence-electron chi connectivity index (χ2n) is 6.40. The van der Waals surface area contributed by atoms with E-state index in [4.69, 9.17) is 21.8 Å². The summed E-state index contributed by atoms with van der Waals surface area (Å²) in [6.45, 7) is 3.60. The molecule has 0 fully saturated rings. The molecular weight excluding hydrogens is 405 g/mol. The molecule has 27 heavy (non-hydrogen) atoms. The van der Waals surface area contributed by atoms with Gasteiger partial charge in [0.25, 0.3) is 0 Å². The van der Waals surface area contributed by atoms with Crippen LogP contribution in [0.15, 0.2) is 46.9 Å². The van der Waals surface area contributed by atoms with Crippen LogP contribution < -0.4 is 10.6 Å². The van der Waals surface area contributed by atoms with Crippen molar-refractivity contribution in [2.75, 3.05) is 17.2 Å². The number of nitrogen functional groups attached to an aromatic ring is 1. The van der Waals surface area contributed by atoms with Crippen LogP contribution in [0.1, 0.15) is 23.6 Å². The van der Waals surface area contributed by atoms with Crippen molar-refractivity contribution in [3.63, 3.8) is 0 Å². The number of aryl methyl sites for hydroxylation is 1. The first kappa shape index (κ1) is 21.4. The topological polar surface area (TPSA) is 55.3 Å². The minimum atomic E-state index is 0.